The van der Waals surface area contributed by atoms with Gasteiger partial charge in [-0.2, -0.15) is 0 Å². The van der Waals surface area contributed by atoms with Crippen molar-refractivity contribution in [3.8, 4) is 0 Å². The number of carboxylic acid groups (broad SMARTS) is 1. The second-order valence-electron chi connectivity index (χ2n) is 6.05. The molecule has 1 amide bonds. The van der Waals surface area contributed by atoms with E-state index in [4.69, 9.17) is 5.11 Å². The van der Waals surface area contributed by atoms with E-state index in [1.54, 1.807) is 11.8 Å². The Morgan fingerprint density at radius 3 is 2.56 bits per heavy atom. The predicted octanol–water partition coefficient (Wildman–Crippen LogP) is 2.14. The van der Waals surface area contributed by atoms with Crippen molar-refractivity contribution in [2.75, 3.05) is 12.3 Å². The van der Waals surface area contributed by atoms with Crippen LogP contribution in [0.15, 0.2) is 0 Å². The molecule has 0 aromatic rings. The summed E-state index contributed by atoms with van der Waals surface area (Å²) in [6, 6.07) is 0. The maximum absolute atomic E-state index is 11.8. The summed E-state index contributed by atoms with van der Waals surface area (Å²) in [7, 11) is 0. The minimum Gasteiger partial charge on any atom is -0.481 e. The fourth-order valence-corrected chi connectivity index (χ4v) is 3.29. The third-order valence-electron chi connectivity index (χ3n) is 2.95. The van der Waals surface area contributed by atoms with Gasteiger partial charge in [0.1, 0.15) is 0 Å². The molecular formula is C13H23NO3S. The van der Waals surface area contributed by atoms with Crippen LogP contribution in [0, 0.1) is 11.3 Å². The topological polar surface area (TPSA) is 66.4 Å². The van der Waals surface area contributed by atoms with E-state index in [0.717, 1.165) is 18.6 Å². The van der Waals surface area contributed by atoms with Crippen LogP contribution in [0.25, 0.3) is 0 Å². The second kappa shape index (κ2) is 6.45. The average Bonchev–Trinajstić information content (AvgIpc) is 2.75. The SMILES string of the molecule is CC(C)(C)CC(CNC(=O)C1CCCS1)C(=O)O. The Bertz CT molecular complexity index is 306. The Labute approximate surface area is 113 Å². The number of carbonyl (C=O) groups excluding carboxylic acids is 1. The molecule has 0 radical (unpaired) electrons. The molecule has 2 N–H and O–H groups in total. The molecule has 0 aliphatic carbocycles. The molecule has 1 heterocycles. The van der Waals surface area contributed by atoms with Crippen LogP contribution in [0.1, 0.15) is 40.0 Å². The summed E-state index contributed by atoms with van der Waals surface area (Å²) in [4.78, 5) is 23.0. The summed E-state index contributed by atoms with van der Waals surface area (Å²) in [5.74, 6) is -0.301. The van der Waals surface area contributed by atoms with Gasteiger partial charge >= 0.3 is 5.97 Å². The Kier molecular flexibility index (Phi) is 5.50. The minimum atomic E-state index is -0.829. The van der Waals surface area contributed by atoms with E-state index in [1.165, 1.54) is 0 Å². The molecule has 104 valence electrons. The van der Waals surface area contributed by atoms with E-state index >= 15 is 0 Å². The van der Waals surface area contributed by atoms with Crippen molar-refractivity contribution >= 4 is 23.6 Å². The number of nitrogens with one attached hydrogen (secondary N) is 1. The lowest BCUT2D eigenvalue weighted by atomic mass is 9.84. The van der Waals surface area contributed by atoms with Crippen molar-refractivity contribution in [1.29, 1.82) is 0 Å². The third-order valence-corrected chi connectivity index (χ3v) is 4.33. The molecule has 1 aliphatic heterocycles. The molecule has 0 saturated carbocycles. The van der Waals surface area contributed by atoms with E-state index in [-0.39, 0.29) is 23.1 Å². The maximum atomic E-state index is 11.8. The van der Waals surface area contributed by atoms with Crippen molar-refractivity contribution in [2.45, 2.75) is 45.3 Å². The molecule has 1 rings (SSSR count). The van der Waals surface area contributed by atoms with Crippen molar-refractivity contribution < 1.29 is 14.7 Å². The van der Waals surface area contributed by atoms with Gasteiger partial charge in [0.15, 0.2) is 0 Å². The number of hydrogen-bond acceptors (Lipinski definition) is 3. The van der Waals surface area contributed by atoms with Gasteiger partial charge < -0.3 is 10.4 Å². The van der Waals surface area contributed by atoms with E-state index in [9.17, 15) is 9.59 Å². The van der Waals surface area contributed by atoms with Crippen LogP contribution in [-0.2, 0) is 9.59 Å². The van der Waals surface area contributed by atoms with Crippen LogP contribution >= 0.6 is 11.8 Å². The molecule has 0 spiro atoms. The summed E-state index contributed by atoms with van der Waals surface area (Å²) < 4.78 is 0. The molecule has 1 fully saturated rings. The van der Waals surface area contributed by atoms with Gasteiger partial charge in [-0.05, 0) is 30.4 Å². The van der Waals surface area contributed by atoms with E-state index in [2.05, 4.69) is 5.32 Å². The number of carbonyl (C=O) groups is 2. The van der Waals surface area contributed by atoms with Crippen molar-refractivity contribution in [2.24, 2.45) is 11.3 Å². The number of rotatable bonds is 5. The van der Waals surface area contributed by atoms with E-state index in [1.807, 2.05) is 20.8 Å². The normalized spacial score (nSPS) is 21.6. The quantitative estimate of drug-likeness (QED) is 0.805. The molecule has 1 aliphatic rings. The van der Waals surface area contributed by atoms with Gasteiger partial charge in [0.25, 0.3) is 0 Å². The van der Waals surface area contributed by atoms with Gasteiger partial charge in [0, 0.05) is 6.54 Å². The lowest BCUT2D eigenvalue weighted by Gasteiger charge is -2.23. The standard InChI is InChI=1S/C13H23NO3S/c1-13(2,3)7-9(12(16)17)8-14-11(15)10-5-4-6-18-10/h9-10H,4-8H2,1-3H3,(H,14,15)(H,16,17). The summed E-state index contributed by atoms with van der Waals surface area (Å²) >= 11 is 1.66. The molecule has 0 bridgehead atoms. The molecule has 0 aromatic carbocycles. The Morgan fingerprint density at radius 1 is 1.44 bits per heavy atom. The van der Waals surface area contributed by atoms with Crippen molar-refractivity contribution in [1.82, 2.24) is 5.32 Å². The van der Waals surface area contributed by atoms with Gasteiger partial charge in [-0.15, -0.1) is 11.8 Å². The third kappa shape index (κ3) is 5.29. The lowest BCUT2D eigenvalue weighted by Crippen LogP contribution is -2.38. The van der Waals surface area contributed by atoms with Crippen LogP contribution < -0.4 is 5.32 Å². The molecule has 2 unspecified atom stereocenters. The van der Waals surface area contributed by atoms with Gasteiger partial charge in [-0.25, -0.2) is 0 Å². The fourth-order valence-electron chi connectivity index (χ4n) is 2.11. The highest BCUT2D eigenvalue weighted by molar-refractivity contribution is 8.00. The Balaban J connectivity index is 2.42. The minimum absolute atomic E-state index is 0.00217. The summed E-state index contributed by atoms with van der Waals surface area (Å²) in [5, 5.41) is 12.0. The summed E-state index contributed by atoms with van der Waals surface area (Å²) in [6.07, 6.45) is 2.56. The lowest BCUT2D eigenvalue weighted by molar-refractivity contribution is -0.142. The molecule has 4 nitrogen and oxygen atoms in total. The zero-order valence-electron chi connectivity index (χ0n) is 11.4. The molecule has 1 saturated heterocycles. The largest absolute Gasteiger partial charge is 0.481 e. The summed E-state index contributed by atoms with van der Waals surface area (Å²) in [5.41, 5.74) is -0.0457. The number of hydrogen-bond donors (Lipinski definition) is 2. The zero-order valence-corrected chi connectivity index (χ0v) is 12.2. The fraction of sp³-hybridized carbons (Fsp3) is 0.846. The highest BCUT2D eigenvalue weighted by Gasteiger charge is 2.27. The molecule has 2 atom stereocenters. The molecular weight excluding hydrogens is 250 g/mol. The molecule has 5 heteroatoms. The van der Waals surface area contributed by atoms with Gasteiger partial charge in [-0.3, -0.25) is 9.59 Å². The number of aliphatic carboxylic acids is 1. The van der Waals surface area contributed by atoms with Crippen LogP contribution in [0.2, 0.25) is 0 Å². The first-order chi connectivity index (χ1) is 8.29. The smallest absolute Gasteiger partial charge is 0.308 e. The van der Waals surface area contributed by atoms with Crippen LogP contribution in [0.5, 0.6) is 0 Å². The summed E-state index contributed by atoms with van der Waals surface area (Å²) in [6.45, 7) is 6.27. The van der Waals surface area contributed by atoms with E-state index in [0.29, 0.717) is 6.42 Å². The van der Waals surface area contributed by atoms with Crippen LogP contribution in [0.4, 0.5) is 0 Å². The Morgan fingerprint density at radius 2 is 2.11 bits per heavy atom. The highest BCUT2D eigenvalue weighted by Crippen LogP contribution is 2.27. The van der Waals surface area contributed by atoms with Crippen LogP contribution in [0.3, 0.4) is 0 Å². The first-order valence-corrected chi connectivity index (χ1v) is 7.46. The number of amides is 1. The number of thioether (sulfide) groups is 1. The zero-order chi connectivity index (χ0) is 13.8. The van der Waals surface area contributed by atoms with Gasteiger partial charge in [0.2, 0.25) is 5.91 Å². The highest BCUT2D eigenvalue weighted by atomic mass is 32.2. The molecule has 18 heavy (non-hydrogen) atoms. The van der Waals surface area contributed by atoms with Gasteiger partial charge in [-0.1, -0.05) is 20.8 Å². The van der Waals surface area contributed by atoms with Crippen molar-refractivity contribution in [3.05, 3.63) is 0 Å². The van der Waals surface area contributed by atoms with E-state index < -0.39 is 11.9 Å². The Hall–Kier alpha value is -0.710. The average molecular weight is 273 g/mol. The first-order valence-electron chi connectivity index (χ1n) is 6.42. The monoisotopic (exact) mass is 273 g/mol. The van der Waals surface area contributed by atoms with Crippen molar-refractivity contribution in [3.63, 3.8) is 0 Å². The van der Waals surface area contributed by atoms with Gasteiger partial charge in [0.05, 0.1) is 11.2 Å². The van der Waals surface area contributed by atoms with Crippen LogP contribution in [-0.4, -0.2) is 34.5 Å². The number of carboxylic acids is 1. The molecule has 0 aromatic heterocycles. The second-order valence-corrected chi connectivity index (χ2v) is 7.36. The predicted molar refractivity (Wildman–Crippen MR) is 73.7 cm³/mol. The maximum Gasteiger partial charge on any atom is 0.308 e. The first kappa shape index (κ1) is 15.3.